The van der Waals surface area contributed by atoms with Crippen LogP contribution in [0.1, 0.15) is 51.0 Å². The topological polar surface area (TPSA) is 54.9 Å². The van der Waals surface area contributed by atoms with Gasteiger partial charge in [-0.05, 0) is 50.3 Å². The second-order valence-electron chi connectivity index (χ2n) is 7.17. The fraction of sp³-hybridized carbons (Fsp3) is 0.632. The fourth-order valence-corrected chi connectivity index (χ4v) is 3.73. The van der Waals surface area contributed by atoms with Crippen LogP contribution in [0.3, 0.4) is 0 Å². The van der Waals surface area contributed by atoms with Crippen LogP contribution in [0.25, 0.3) is 0 Å². The highest BCUT2D eigenvalue weighted by Crippen LogP contribution is 2.50. The number of guanidine groups is 1. The summed E-state index contributed by atoms with van der Waals surface area (Å²) >= 11 is 0. The fourth-order valence-electron chi connectivity index (χ4n) is 3.73. The summed E-state index contributed by atoms with van der Waals surface area (Å²) < 4.78 is 11.0. The quantitative estimate of drug-likeness (QED) is 0.404. The third-order valence-corrected chi connectivity index (χ3v) is 5.42. The summed E-state index contributed by atoms with van der Waals surface area (Å²) in [7, 11) is 0. The van der Waals surface area contributed by atoms with Gasteiger partial charge < -0.3 is 20.1 Å². The maximum Gasteiger partial charge on any atom is 0.231 e. The van der Waals surface area contributed by atoms with Gasteiger partial charge >= 0.3 is 0 Å². The van der Waals surface area contributed by atoms with Crippen LogP contribution in [0, 0.1) is 0 Å². The minimum absolute atomic E-state index is 0. The minimum Gasteiger partial charge on any atom is -0.454 e. The Kier molecular flexibility index (Phi) is 5.96. The molecule has 0 spiro atoms. The molecule has 2 fully saturated rings. The van der Waals surface area contributed by atoms with E-state index in [1.165, 1.54) is 44.1 Å². The van der Waals surface area contributed by atoms with Crippen LogP contribution >= 0.6 is 24.0 Å². The summed E-state index contributed by atoms with van der Waals surface area (Å²) in [5, 5.41) is 7.00. The zero-order valence-electron chi connectivity index (χ0n) is 14.8. The predicted octanol–water partition coefficient (Wildman–Crippen LogP) is 3.56. The molecule has 25 heavy (non-hydrogen) atoms. The molecule has 0 saturated heterocycles. The van der Waals surface area contributed by atoms with E-state index in [2.05, 4.69) is 29.7 Å². The van der Waals surface area contributed by atoms with Crippen molar-refractivity contribution in [2.75, 3.05) is 19.9 Å². The summed E-state index contributed by atoms with van der Waals surface area (Å²) in [6.07, 6.45) is 7.57. The first-order valence-electron chi connectivity index (χ1n) is 9.24. The summed E-state index contributed by atoms with van der Waals surface area (Å²) in [5.74, 6) is 2.70. The highest BCUT2D eigenvalue weighted by atomic mass is 127. The molecule has 3 aliphatic rings. The average Bonchev–Trinajstić information content (AvgIpc) is 2.99. The summed E-state index contributed by atoms with van der Waals surface area (Å²) in [5.41, 5.74) is 1.51. The lowest BCUT2D eigenvalue weighted by Crippen LogP contribution is -2.42. The maximum absolute atomic E-state index is 5.53. The molecule has 0 aromatic heterocycles. The average molecular weight is 457 g/mol. The summed E-state index contributed by atoms with van der Waals surface area (Å²) in [4.78, 5) is 4.90. The van der Waals surface area contributed by atoms with Gasteiger partial charge in [-0.3, -0.25) is 4.99 Å². The molecule has 2 aliphatic carbocycles. The van der Waals surface area contributed by atoms with Crippen molar-refractivity contribution < 1.29 is 9.47 Å². The Labute approximate surface area is 167 Å². The van der Waals surface area contributed by atoms with Gasteiger partial charge in [-0.15, -0.1) is 24.0 Å². The van der Waals surface area contributed by atoms with Crippen molar-refractivity contribution in [3.8, 4) is 11.5 Å². The Morgan fingerprint density at radius 3 is 2.68 bits per heavy atom. The molecule has 1 heterocycles. The van der Waals surface area contributed by atoms with Crippen LogP contribution in [0.15, 0.2) is 23.2 Å². The number of benzene rings is 1. The zero-order chi connectivity index (χ0) is 16.4. The van der Waals surface area contributed by atoms with Crippen molar-refractivity contribution in [2.45, 2.75) is 56.9 Å². The standard InChI is InChI=1S/C19H27N3O2.HI/c1-2-20-18(22-15-5-3-4-6-15)21-12-19(9-10-19)14-7-8-16-17(11-14)24-13-23-16;/h7-8,11,15H,2-6,9-10,12-13H2,1H3,(H2,20,21,22);1H. The second kappa shape index (κ2) is 8.01. The van der Waals surface area contributed by atoms with Gasteiger partial charge in [0.2, 0.25) is 6.79 Å². The first-order valence-corrected chi connectivity index (χ1v) is 9.24. The van der Waals surface area contributed by atoms with Crippen LogP contribution in [-0.4, -0.2) is 31.9 Å². The van der Waals surface area contributed by atoms with Crippen molar-refractivity contribution in [3.05, 3.63) is 23.8 Å². The molecule has 1 aliphatic heterocycles. The summed E-state index contributed by atoms with van der Waals surface area (Å²) in [6.45, 7) is 4.18. The molecule has 2 N–H and O–H groups in total. The normalized spacial score (nSPS) is 20.9. The molecule has 1 aromatic rings. The smallest absolute Gasteiger partial charge is 0.231 e. The first-order chi connectivity index (χ1) is 11.8. The minimum atomic E-state index is 0. The number of ether oxygens (including phenoxy) is 2. The molecule has 0 atom stereocenters. The lowest BCUT2D eigenvalue weighted by molar-refractivity contribution is 0.174. The number of hydrogen-bond acceptors (Lipinski definition) is 3. The van der Waals surface area contributed by atoms with E-state index in [0.29, 0.717) is 12.8 Å². The Bertz CT molecular complexity index is 625. The van der Waals surface area contributed by atoms with Gasteiger partial charge in [0.05, 0.1) is 6.54 Å². The third-order valence-electron chi connectivity index (χ3n) is 5.42. The van der Waals surface area contributed by atoms with Gasteiger partial charge in [-0.25, -0.2) is 0 Å². The van der Waals surface area contributed by atoms with E-state index in [1.54, 1.807) is 0 Å². The van der Waals surface area contributed by atoms with Crippen LogP contribution < -0.4 is 20.1 Å². The highest BCUT2D eigenvalue weighted by molar-refractivity contribution is 14.0. The number of nitrogens with one attached hydrogen (secondary N) is 2. The van der Waals surface area contributed by atoms with Crippen molar-refractivity contribution in [2.24, 2.45) is 4.99 Å². The number of aliphatic imine (C=N–C) groups is 1. The van der Waals surface area contributed by atoms with Gasteiger partial charge in [0.1, 0.15) is 0 Å². The molecule has 0 bridgehead atoms. The number of rotatable bonds is 5. The largest absolute Gasteiger partial charge is 0.454 e. The van der Waals surface area contributed by atoms with E-state index < -0.39 is 0 Å². The van der Waals surface area contributed by atoms with Gasteiger partial charge in [0.25, 0.3) is 0 Å². The number of hydrogen-bond donors (Lipinski definition) is 2. The molecule has 4 rings (SSSR count). The molecule has 138 valence electrons. The number of halogens is 1. The van der Waals surface area contributed by atoms with Gasteiger partial charge in [-0.2, -0.15) is 0 Å². The van der Waals surface area contributed by atoms with Gasteiger partial charge in [0, 0.05) is 18.0 Å². The molecule has 0 amide bonds. The van der Waals surface area contributed by atoms with Crippen molar-refractivity contribution in [1.29, 1.82) is 0 Å². The van der Waals surface area contributed by atoms with E-state index in [4.69, 9.17) is 14.5 Å². The van der Waals surface area contributed by atoms with Crippen molar-refractivity contribution in [3.63, 3.8) is 0 Å². The molecular weight excluding hydrogens is 429 g/mol. The molecule has 5 nitrogen and oxygen atoms in total. The molecule has 2 saturated carbocycles. The van der Waals surface area contributed by atoms with Crippen LogP contribution in [-0.2, 0) is 5.41 Å². The van der Waals surface area contributed by atoms with E-state index in [0.717, 1.165) is 30.5 Å². The van der Waals surface area contributed by atoms with Crippen LogP contribution in [0.5, 0.6) is 11.5 Å². The molecule has 1 aromatic carbocycles. The first kappa shape index (κ1) is 18.6. The predicted molar refractivity (Wildman–Crippen MR) is 110 cm³/mol. The highest BCUT2D eigenvalue weighted by Gasteiger charge is 2.44. The van der Waals surface area contributed by atoms with Gasteiger partial charge in [-0.1, -0.05) is 18.9 Å². The maximum atomic E-state index is 5.53. The molecular formula is C19H28IN3O2. The van der Waals surface area contributed by atoms with Gasteiger partial charge in [0.15, 0.2) is 17.5 Å². The second-order valence-corrected chi connectivity index (χ2v) is 7.17. The zero-order valence-corrected chi connectivity index (χ0v) is 17.2. The Balaban J connectivity index is 0.00000182. The summed E-state index contributed by atoms with van der Waals surface area (Å²) in [6, 6.07) is 6.93. The SMILES string of the molecule is CCNC(=NCC1(c2ccc3c(c2)OCO3)CC1)NC1CCCC1.I. The lowest BCUT2D eigenvalue weighted by Gasteiger charge is -2.19. The van der Waals surface area contributed by atoms with E-state index in [1.807, 2.05) is 6.07 Å². The molecule has 6 heteroatoms. The Morgan fingerprint density at radius 2 is 1.96 bits per heavy atom. The van der Waals surface area contributed by atoms with Crippen LogP contribution in [0.4, 0.5) is 0 Å². The molecule has 0 unspecified atom stereocenters. The van der Waals surface area contributed by atoms with E-state index in [-0.39, 0.29) is 29.4 Å². The number of fused-ring (bicyclic) bond motifs is 1. The van der Waals surface area contributed by atoms with E-state index >= 15 is 0 Å². The van der Waals surface area contributed by atoms with Crippen molar-refractivity contribution in [1.82, 2.24) is 10.6 Å². The molecule has 0 radical (unpaired) electrons. The Morgan fingerprint density at radius 1 is 1.20 bits per heavy atom. The number of nitrogens with zero attached hydrogens (tertiary/aromatic N) is 1. The van der Waals surface area contributed by atoms with E-state index in [9.17, 15) is 0 Å². The lowest BCUT2D eigenvalue weighted by atomic mass is 9.96. The monoisotopic (exact) mass is 457 g/mol. The Hall–Kier alpha value is -1.18. The van der Waals surface area contributed by atoms with Crippen molar-refractivity contribution >= 4 is 29.9 Å². The third kappa shape index (κ3) is 4.15. The van der Waals surface area contributed by atoms with Crippen LogP contribution in [0.2, 0.25) is 0 Å².